The zero-order valence-electron chi connectivity index (χ0n) is 15.1. The fraction of sp³-hybridized carbons (Fsp3) is 0.250. The number of esters is 1. The first-order valence-electron chi connectivity index (χ1n) is 8.51. The Hall–Kier alpha value is -2.86. The number of benzene rings is 2. The molecule has 0 aliphatic rings. The van der Waals surface area contributed by atoms with E-state index in [2.05, 4.69) is 10.6 Å². The summed E-state index contributed by atoms with van der Waals surface area (Å²) >= 11 is 5.95. The number of halogens is 1. The van der Waals surface area contributed by atoms with Crippen LogP contribution in [-0.2, 0) is 20.7 Å². The van der Waals surface area contributed by atoms with Crippen molar-refractivity contribution in [3.63, 3.8) is 0 Å². The number of ether oxygens (including phenoxy) is 1. The minimum Gasteiger partial charge on any atom is -0.454 e. The lowest BCUT2D eigenvalue weighted by atomic mass is 10.1. The molecule has 0 aliphatic heterocycles. The molecule has 0 saturated heterocycles. The van der Waals surface area contributed by atoms with Crippen LogP contribution < -0.4 is 10.6 Å². The average molecular weight is 389 g/mol. The lowest BCUT2D eigenvalue weighted by molar-refractivity contribution is -0.148. The third-order valence-corrected chi connectivity index (χ3v) is 4.11. The van der Waals surface area contributed by atoms with Crippen molar-refractivity contribution >= 4 is 35.1 Å². The Kier molecular flexibility index (Phi) is 7.37. The van der Waals surface area contributed by atoms with E-state index in [1.807, 2.05) is 25.1 Å². The Morgan fingerprint density at radius 1 is 1.11 bits per heavy atom. The lowest BCUT2D eigenvalue weighted by Gasteiger charge is -2.14. The quantitative estimate of drug-likeness (QED) is 0.713. The Morgan fingerprint density at radius 3 is 2.56 bits per heavy atom. The van der Waals surface area contributed by atoms with E-state index in [1.165, 1.54) is 6.92 Å². The van der Waals surface area contributed by atoms with Crippen molar-refractivity contribution in [3.8, 4) is 0 Å². The normalized spacial score (nSPS) is 11.4. The zero-order chi connectivity index (χ0) is 19.8. The minimum absolute atomic E-state index is 0.257. The van der Waals surface area contributed by atoms with Crippen LogP contribution in [0.15, 0.2) is 48.5 Å². The van der Waals surface area contributed by atoms with Crippen molar-refractivity contribution in [1.82, 2.24) is 5.32 Å². The smallest absolute Gasteiger partial charge is 0.328 e. The van der Waals surface area contributed by atoms with Gasteiger partial charge in [0.25, 0.3) is 11.8 Å². The van der Waals surface area contributed by atoms with Gasteiger partial charge >= 0.3 is 5.97 Å². The fourth-order valence-electron chi connectivity index (χ4n) is 2.31. The van der Waals surface area contributed by atoms with E-state index in [1.54, 1.807) is 30.3 Å². The van der Waals surface area contributed by atoms with Gasteiger partial charge in [-0.15, -0.1) is 0 Å². The second-order valence-corrected chi connectivity index (χ2v) is 6.29. The molecule has 0 aromatic heterocycles. The van der Waals surface area contributed by atoms with Gasteiger partial charge in [-0.1, -0.05) is 42.8 Å². The maximum atomic E-state index is 12.1. The summed E-state index contributed by atoms with van der Waals surface area (Å²) in [6.45, 7) is 3.04. The van der Waals surface area contributed by atoms with E-state index < -0.39 is 30.4 Å². The summed E-state index contributed by atoms with van der Waals surface area (Å²) < 4.78 is 4.96. The van der Waals surface area contributed by atoms with Gasteiger partial charge in [-0.25, -0.2) is 4.79 Å². The summed E-state index contributed by atoms with van der Waals surface area (Å²) in [5, 5.41) is 5.44. The molecule has 2 N–H and O–H groups in total. The Morgan fingerprint density at radius 2 is 1.85 bits per heavy atom. The molecule has 2 aromatic rings. The topological polar surface area (TPSA) is 84.5 Å². The Bertz CT molecular complexity index is 838. The first kappa shape index (κ1) is 20.5. The van der Waals surface area contributed by atoms with Crippen LogP contribution >= 0.6 is 11.6 Å². The van der Waals surface area contributed by atoms with E-state index in [4.69, 9.17) is 16.3 Å². The minimum atomic E-state index is -0.926. The van der Waals surface area contributed by atoms with Crippen LogP contribution in [0.1, 0.15) is 29.8 Å². The second kappa shape index (κ2) is 9.73. The molecule has 2 rings (SSSR count). The van der Waals surface area contributed by atoms with Gasteiger partial charge in [0.2, 0.25) is 0 Å². The highest BCUT2D eigenvalue weighted by Gasteiger charge is 2.20. The zero-order valence-corrected chi connectivity index (χ0v) is 15.9. The molecule has 27 heavy (non-hydrogen) atoms. The number of anilines is 1. The number of carbonyl (C=O) groups excluding carboxylic acids is 3. The van der Waals surface area contributed by atoms with E-state index >= 15 is 0 Å². The van der Waals surface area contributed by atoms with Gasteiger partial charge in [0.15, 0.2) is 6.61 Å². The molecule has 2 amide bonds. The van der Waals surface area contributed by atoms with Crippen molar-refractivity contribution in [2.45, 2.75) is 26.3 Å². The number of nitrogens with one attached hydrogen (secondary N) is 2. The predicted molar refractivity (Wildman–Crippen MR) is 104 cm³/mol. The van der Waals surface area contributed by atoms with Crippen LogP contribution in [0.5, 0.6) is 0 Å². The van der Waals surface area contributed by atoms with Crippen molar-refractivity contribution < 1.29 is 19.1 Å². The number of hydrogen-bond donors (Lipinski definition) is 2. The molecule has 142 valence electrons. The summed E-state index contributed by atoms with van der Waals surface area (Å²) in [5.74, 6) is -1.67. The molecule has 0 aliphatic carbocycles. The van der Waals surface area contributed by atoms with Crippen molar-refractivity contribution in [2.75, 3.05) is 11.9 Å². The maximum Gasteiger partial charge on any atom is 0.328 e. The van der Waals surface area contributed by atoms with Crippen LogP contribution in [0.25, 0.3) is 0 Å². The molecule has 6 nitrogen and oxygen atoms in total. The fourth-order valence-corrected chi connectivity index (χ4v) is 2.53. The summed E-state index contributed by atoms with van der Waals surface area (Å²) in [4.78, 5) is 36.1. The maximum absolute atomic E-state index is 12.1. The van der Waals surface area contributed by atoms with Crippen LogP contribution in [-0.4, -0.2) is 30.4 Å². The summed E-state index contributed by atoms with van der Waals surface area (Å²) in [5.41, 5.74) is 1.98. The van der Waals surface area contributed by atoms with Crippen LogP contribution in [0, 0.1) is 0 Å². The number of hydrogen-bond acceptors (Lipinski definition) is 4. The highest BCUT2D eigenvalue weighted by atomic mass is 35.5. The SMILES string of the molecule is CCc1cccc(NC(=O)COC(=O)[C@H](C)NC(=O)c2ccccc2Cl)c1. The van der Waals surface area contributed by atoms with Crippen molar-refractivity contribution in [2.24, 2.45) is 0 Å². The average Bonchev–Trinajstić information content (AvgIpc) is 2.66. The number of amides is 2. The van der Waals surface area contributed by atoms with Gasteiger partial charge in [0, 0.05) is 5.69 Å². The van der Waals surface area contributed by atoms with E-state index in [9.17, 15) is 14.4 Å². The highest BCUT2D eigenvalue weighted by molar-refractivity contribution is 6.33. The van der Waals surface area contributed by atoms with E-state index in [-0.39, 0.29) is 10.6 Å². The summed E-state index contributed by atoms with van der Waals surface area (Å²) in [6.07, 6.45) is 0.849. The molecule has 0 unspecified atom stereocenters. The standard InChI is InChI=1S/C20H21ClN2O4/c1-3-14-7-6-8-15(11-14)23-18(24)12-27-20(26)13(2)22-19(25)16-9-4-5-10-17(16)21/h4-11,13H,3,12H2,1-2H3,(H,22,25)(H,23,24)/t13-/m0/s1. The van der Waals surface area contributed by atoms with E-state index in [0.717, 1.165) is 12.0 Å². The Balaban J connectivity index is 1.82. The highest BCUT2D eigenvalue weighted by Crippen LogP contribution is 2.15. The second-order valence-electron chi connectivity index (χ2n) is 5.88. The summed E-state index contributed by atoms with van der Waals surface area (Å²) in [7, 11) is 0. The molecule has 0 fully saturated rings. The van der Waals surface area contributed by atoms with Crippen LogP contribution in [0.2, 0.25) is 5.02 Å². The van der Waals surface area contributed by atoms with Crippen molar-refractivity contribution in [1.29, 1.82) is 0 Å². The lowest BCUT2D eigenvalue weighted by Crippen LogP contribution is -2.40. The first-order chi connectivity index (χ1) is 12.9. The third kappa shape index (κ3) is 6.11. The first-order valence-corrected chi connectivity index (χ1v) is 8.89. The molecule has 7 heteroatoms. The molecule has 1 atom stereocenters. The molecule has 0 heterocycles. The van der Waals surface area contributed by atoms with Gasteiger partial charge in [-0.05, 0) is 43.2 Å². The molecule has 0 bridgehead atoms. The Labute approximate surface area is 162 Å². The predicted octanol–water partition coefficient (Wildman–Crippen LogP) is 3.20. The number of carbonyl (C=O) groups is 3. The molecule has 2 aromatic carbocycles. The van der Waals surface area contributed by atoms with Crippen LogP contribution in [0.4, 0.5) is 5.69 Å². The van der Waals surface area contributed by atoms with Gasteiger partial charge in [-0.2, -0.15) is 0 Å². The largest absolute Gasteiger partial charge is 0.454 e. The van der Waals surface area contributed by atoms with Gasteiger partial charge in [0.05, 0.1) is 10.6 Å². The van der Waals surface area contributed by atoms with Gasteiger partial charge in [-0.3, -0.25) is 9.59 Å². The molecule has 0 radical (unpaired) electrons. The number of rotatable bonds is 7. The molecular weight excluding hydrogens is 368 g/mol. The molecular formula is C20H21ClN2O4. The monoisotopic (exact) mass is 388 g/mol. The molecule has 0 saturated carbocycles. The third-order valence-electron chi connectivity index (χ3n) is 3.78. The van der Waals surface area contributed by atoms with Gasteiger partial charge < -0.3 is 15.4 Å². The molecule has 0 spiro atoms. The van der Waals surface area contributed by atoms with E-state index in [0.29, 0.717) is 5.69 Å². The van der Waals surface area contributed by atoms with Gasteiger partial charge in [0.1, 0.15) is 6.04 Å². The number of aryl methyl sites for hydroxylation is 1. The summed E-state index contributed by atoms with van der Waals surface area (Å²) in [6, 6.07) is 13.0. The van der Waals surface area contributed by atoms with Crippen molar-refractivity contribution in [3.05, 3.63) is 64.7 Å². The van der Waals surface area contributed by atoms with Crippen LogP contribution in [0.3, 0.4) is 0 Å².